The molecule has 1 aliphatic rings. The van der Waals surface area contributed by atoms with Crippen LogP contribution >= 0.6 is 0 Å². The fourth-order valence-electron chi connectivity index (χ4n) is 2.69. The van der Waals surface area contributed by atoms with Crippen molar-refractivity contribution >= 4 is 5.91 Å². The van der Waals surface area contributed by atoms with Gasteiger partial charge in [-0.25, -0.2) is 0 Å². The number of nitrogens with one attached hydrogen (secondary N) is 2. The lowest BCUT2D eigenvalue weighted by molar-refractivity contribution is -0.124. The number of fused-ring (bicyclic) bond motifs is 1. The molecule has 1 aliphatic heterocycles. The van der Waals surface area contributed by atoms with Crippen molar-refractivity contribution in [3.8, 4) is 0 Å². The van der Waals surface area contributed by atoms with E-state index in [4.69, 9.17) is 0 Å². The highest BCUT2D eigenvalue weighted by molar-refractivity contribution is 5.82. The van der Waals surface area contributed by atoms with E-state index < -0.39 is 0 Å². The number of pyridine rings is 1. The third-order valence-corrected chi connectivity index (χ3v) is 3.96. The second kappa shape index (κ2) is 6.06. The van der Waals surface area contributed by atoms with Crippen molar-refractivity contribution < 1.29 is 4.79 Å². The summed E-state index contributed by atoms with van der Waals surface area (Å²) in [5, 5.41) is 6.37. The Balaban J connectivity index is 1.65. The Bertz CT molecular complexity index is 627. The molecule has 0 saturated carbocycles. The SMILES string of the molecule is C[C@@H](NC(=O)[C@H]1Cc2ccccc2CN1)c1ccncc1. The van der Waals surface area contributed by atoms with Gasteiger partial charge in [-0.3, -0.25) is 9.78 Å². The zero-order valence-corrected chi connectivity index (χ0v) is 12.0. The first-order chi connectivity index (χ1) is 10.2. The minimum atomic E-state index is -0.163. The minimum Gasteiger partial charge on any atom is -0.348 e. The van der Waals surface area contributed by atoms with Crippen LogP contribution in [0.2, 0.25) is 0 Å². The smallest absolute Gasteiger partial charge is 0.237 e. The maximum atomic E-state index is 12.4. The Morgan fingerprint density at radius 2 is 1.95 bits per heavy atom. The Kier molecular flexibility index (Phi) is 3.97. The minimum absolute atomic E-state index is 0.0144. The van der Waals surface area contributed by atoms with Gasteiger partial charge in [0.25, 0.3) is 0 Å². The van der Waals surface area contributed by atoms with Gasteiger partial charge in [-0.2, -0.15) is 0 Å². The standard InChI is InChI=1S/C17H19N3O/c1-12(13-6-8-18-9-7-13)20-17(21)16-10-14-4-2-3-5-15(14)11-19-16/h2-9,12,16,19H,10-11H2,1H3,(H,20,21)/t12-,16-/m1/s1. The predicted octanol–water partition coefficient (Wildman–Crippen LogP) is 1.97. The zero-order chi connectivity index (χ0) is 14.7. The topological polar surface area (TPSA) is 54.0 Å². The molecule has 2 heterocycles. The Morgan fingerprint density at radius 3 is 2.71 bits per heavy atom. The molecular formula is C17H19N3O. The number of hydrogen-bond donors (Lipinski definition) is 2. The number of hydrogen-bond acceptors (Lipinski definition) is 3. The first-order valence-corrected chi connectivity index (χ1v) is 7.24. The van der Waals surface area contributed by atoms with Crippen LogP contribution in [-0.4, -0.2) is 16.9 Å². The molecule has 0 unspecified atom stereocenters. The molecule has 3 rings (SSSR count). The van der Waals surface area contributed by atoms with Crippen molar-refractivity contribution in [2.24, 2.45) is 0 Å². The largest absolute Gasteiger partial charge is 0.348 e. The van der Waals surface area contributed by atoms with Gasteiger partial charge in [0.15, 0.2) is 0 Å². The molecule has 0 saturated heterocycles. The van der Waals surface area contributed by atoms with E-state index in [1.165, 1.54) is 11.1 Å². The van der Waals surface area contributed by atoms with Gasteiger partial charge in [0.05, 0.1) is 12.1 Å². The second-order valence-electron chi connectivity index (χ2n) is 5.42. The van der Waals surface area contributed by atoms with E-state index >= 15 is 0 Å². The van der Waals surface area contributed by atoms with Crippen molar-refractivity contribution in [3.63, 3.8) is 0 Å². The highest BCUT2D eigenvalue weighted by atomic mass is 16.2. The average molecular weight is 281 g/mol. The monoisotopic (exact) mass is 281 g/mol. The van der Waals surface area contributed by atoms with Gasteiger partial charge in [-0.15, -0.1) is 0 Å². The first-order valence-electron chi connectivity index (χ1n) is 7.24. The summed E-state index contributed by atoms with van der Waals surface area (Å²) >= 11 is 0. The summed E-state index contributed by atoms with van der Waals surface area (Å²) in [6.07, 6.45) is 4.23. The lowest BCUT2D eigenvalue weighted by atomic mass is 9.95. The van der Waals surface area contributed by atoms with E-state index in [2.05, 4.69) is 27.8 Å². The molecular weight excluding hydrogens is 262 g/mol. The van der Waals surface area contributed by atoms with E-state index in [-0.39, 0.29) is 18.0 Å². The van der Waals surface area contributed by atoms with Crippen molar-refractivity contribution in [2.45, 2.75) is 32.0 Å². The normalized spacial score (nSPS) is 18.6. The van der Waals surface area contributed by atoms with Gasteiger partial charge in [0.1, 0.15) is 0 Å². The molecule has 0 aliphatic carbocycles. The molecule has 4 heteroatoms. The summed E-state index contributed by atoms with van der Waals surface area (Å²) in [7, 11) is 0. The summed E-state index contributed by atoms with van der Waals surface area (Å²) in [6.45, 7) is 2.74. The first kappa shape index (κ1) is 13.8. The Morgan fingerprint density at radius 1 is 1.24 bits per heavy atom. The van der Waals surface area contributed by atoms with Gasteiger partial charge in [0, 0.05) is 18.9 Å². The van der Waals surface area contributed by atoms with E-state index in [9.17, 15) is 4.79 Å². The molecule has 0 fully saturated rings. The molecule has 2 aromatic rings. The van der Waals surface area contributed by atoms with Crippen LogP contribution in [0.15, 0.2) is 48.8 Å². The van der Waals surface area contributed by atoms with Crippen LogP contribution in [0.4, 0.5) is 0 Å². The Labute approximate surface area is 124 Å². The summed E-state index contributed by atoms with van der Waals surface area (Å²) in [5.41, 5.74) is 3.60. The van der Waals surface area contributed by atoms with Crippen LogP contribution in [-0.2, 0) is 17.8 Å². The maximum absolute atomic E-state index is 12.4. The van der Waals surface area contributed by atoms with Crippen LogP contribution in [0, 0.1) is 0 Å². The number of carbonyl (C=O) groups is 1. The lowest BCUT2D eigenvalue weighted by Gasteiger charge is -2.26. The van der Waals surface area contributed by atoms with Crippen LogP contribution in [0.5, 0.6) is 0 Å². The Hall–Kier alpha value is -2.20. The van der Waals surface area contributed by atoms with Crippen LogP contribution < -0.4 is 10.6 Å². The number of nitrogens with zero attached hydrogens (tertiary/aromatic N) is 1. The lowest BCUT2D eigenvalue weighted by Crippen LogP contribution is -2.48. The number of amides is 1. The number of aromatic nitrogens is 1. The predicted molar refractivity (Wildman–Crippen MR) is 81.6 cm³/mol. The average Bonchev–Trinajstić information content (AvgIpc) is 2.55. The maximum Gasteiger partial charge on any atom is 0.237 e. The van der Waals surface area contributed by atoms with Crippen LogP contribution in [0.3, 0.4) is 0 Å². The van der Waals surface area contributed by atoms with E-state index in [1.54, 1.807) is 12.4 Å². The summed E-state index contributed by atoms with van der Waals surface area (Å²) < 4.78 is 0. The van der Waals surface area contributed by atoms with Gasteiger partial charge >= 0.3 is 0 Å². The van der Waals surface area contributed by atoms with E-state index in [1.807, 2.05) is 31.2 Å². The van der Waals surface area contributed by atoms with Crippen molar-refractivity contribution in [1.29, 1.82) is 0 Å². The third-order valence-electron chi connectivity index (χ3n) is 3.96. The van der Waals surface area contributed by atoms with Crippen molar-refractivity contribution in [2.75, 3.05) is 0 Å². The van der Waals surface area contributed by atoms with E-state index in [0.29, 0.717) is 0 Å². The zero-order valence-electron chi connectivity index (χ0n) is 12.0. The quantitative estimate of drug-likeness (QED) is 0.904. The fraction of sp³-hybridized carbons (Fsp3) is 0.294. The van der Waals surface area contributed by atoms with Crippen molar-refractivity contribution in [1.82, 2.24) is 15.6 Å². The van der Waals surface area contributed by atoms with Crippen LogP contribution in [0.1, 0.15) is 29.7 Å². The number of rotatable bonds is 3. The molecule has 1 aromatic heterocycles. The molecule has 21 heavy (non-hydrogen) atoms. The second-order valence-corrected chi connectivity index (χ2v) is 5.42. The third kappa shape index (κ3) is 3.11. The summed E-state index contributed by atoms with van der Waals surface area (Å²) in [6, 6.07) is 11.9. The molecule has 0 bridgehead atoms. The number of carbonyl (C=O) groups excluding carboxylic acids is 1. The molecule has 0 spiro atoms. The van der Waals surface area contributed by atoms with Gasteiger partial charge in [-0.1, -0.05) is 24.3 Å². The molecule has 2 atom stereocenters. The highest BCUT2D eigenvalue weighted by Crippen LogP contribution is 2.17. The molecule has 1 amide bonds. The molecule has 108 valence electrons. The van der Waals surface area contributed by atoms with Gasteiger partial charge < -0.3 is 10.6 Å². The van der Waals surface area contributed by atoms with Gasteiger partial charge in [0.2, 0.25) is 5.91 Å². The van der Waals surface area contributed by atoms with Crippen molar-refractivity contribution in [3.05, 3.63) is 65.5 Å². The number of benzene rings is 1. The summed E-state index contributed by atoms with van der Waals surface area (Å²) in [5.74, 6) is 0.0498. The van der Waals surface area contributed by atoms with E-state index in [0.717, 1.165) is 18.5 Å². The summed E-state index contributed by atoms with van der Waals surface area (Å²) in [4.78, 5) is 16.4. The molecule has 1 aromatic carbocycles. The molecule has 0 radical (unpaired) electrons. The molecule has 2 N–H and O–H groups in total. The van der Waals surface area contributed by atoms with Crippen LogP contribution in [0.25, 0.3) is 0 Å². The van der Waals surface area contributed by atoms with Gasteiger partial charge in [-0.05, 0) is 42.2 Å². The molecule has 4 nitrogen and oxygen atoms in total. The highest BCUT2D eigenvalue weighted by Gasteiger charge is 2.24. The fourth-order valence-corrected chi connectivity index (χ4v) is 2.69.